The number of amidine groups is 1. The minimum Gasteiger partial charge on any atom is -0.460 e. The van der Waals surface area contributed by atoms with E-state index in [4.69, 9.17) is 20.6 Å². The number of hydrogen-bond acceptors (Lipinski definition) is 6. The van der Waals surface area contributed by atoms with Crippen molar-refractivity contribution >= 4 is 17.6 Å². The SMILES string of the molecule is COC1(C)CN(c2ncc(-c3cccc(COC(=O)CC(=N)N)c3F)cc2F)C1. The van der Waals surface area contributed by atoms with Crippen LogP contribution in [0.4, 0.5) is 14.6 Å². The molecule has 1 aliphatic heterocycles. The van der Waals surface area contributed by atoms with E-state index in [1.807, 2.05) is 6.92 Å². The highest BCUT2D eigenvalue weighted by Crippen LogP contribution is 2.32. The molecule has 0 spiro atoms. The van der Waals surface area contributed by atoms with Gasteiger partial charge in [0.2, 0.25) is 0 Å². The van der Waals surface area contributed by atoms with Crippen LogP contribution in [0.3, 0.4) is 0 Å². The molecule has 1 aromatic carbocycles. The van der Waals surface area contributed by atoms with E-state index >= 15 is 0 Å². The summed E-state index contributed by atoms with van der Waals surface area (Å²) in [5, 5.41) is 7.06. The van der Waals surface area contributed by atoms with Gasteiger partial charge in [0, 0.05) is 30.0 Å². The predicted octanol–water partition coefficient (Wildman–Crippen LogP) is 2.62. The summed E-state index contributed by atoms with van der Waals surface area (Å²) in [6, 6.07) is 5.77. The Hall–Kier alpha value is -3.07. The van der Waals surface area contributed by atoms with Crippen molar-refractivity contribution in [2.45, 2.75) is 25.6 Å². The maximum atomic E-state index is 14.9. The van der Waals surface area contributed by atoms with Gasteiger partial charge in [0.25, 0.3) is 0 Å². The molecule has 2 aromatic rings. The maximum Gasteiger partial charge on any atom is 0.313 e. The van der Waals surface area contributed by atoms with Crippen LogP contribution >= 0.6 is 0 Å². The van der Waals surface area contributed by atoms with Gasteiger partial charge in [-0.05, 0) is 13.0 Å². The topological polar surface area (TPSA) is 102 Å². The fourth-order valence-corrected chi connectivity index (χ4v) is 3.13. The molecule has 3 N–H and O–H groups in total. The second kappa shape index (κ2) is 8.12. The van der Waals surface area contributed by atoms with Crippen LogP contribution in [0.5, 0.6) is 0 Å². The number of pyridine rings is 1. The van der Waals surface area contributed by atoms with Gasteiger partial charge in [-0.2, -0.15) is 0 Å². The normalized spacial score (nSPS) is 15.0. The van der Waals surface area contributed by atoms with E-state index in [0.717, 1.165) is 0 Å². The Bertz CT molecular complexity index is 945. The summed E-state index contributed by atoms with van der Waals surface area (Å²) in [5.74, 6) is -2.06. The van der Waals surface area contributed by atoms with Crippen LogP contribution < -0.4 is 10.6 Å². The van der Waals surface area contributed by atoms with Gasteiger partial charge in [0.1, 0.15) is 24.7 Å². The van der Waals surface area contributed by atoms with Gasteiger partial charge < -0.3 is 20.1 Å². The first-order valence-electron chi connectivity index (χ1n) is 8.94. The molecule has 29 heavy (non-hydrogen) atoms. The van der Waals surface area contributed by atoms with Crippen molar-refractivity contribution in [3.05, 3.63) is 47.7 Å². The summed E-state index contributed by atoms with van der Waals surface area (Å²) in [6.07, 6.45) is 1.04. The van der Waals surface area contributed by atoms with Gasteiger partial charge in [-0.3, -0.25) is 10.2 Å². The molecule has 0 bridgehead atoms. The lowest BCUT2D eigenvalue weighted by molar-refractivity contribution is -0.143. The number of hydrogen-bond donors (Lipinski definition) is 2. The average Bonchev–Trinajstić information content (AvgIpc) is 2.64. The van der Waals surface area contributed by atoms with Crippen molar-refractivity contribution in [1.29, 1.82) is 5.41 Å². The number of halogens is 2. The number of anilines is 1. The highest BCUT2D eigenvalue weighted by atomic mass is 19.1. The third kappa shape index (κ3) is 4.51. The zero-order valence-electron chi connectivity index (χ0n) is 16.2. The van der Waals surface area contributed by atoms with Crippen molar-refractivity contribution in [1.82, 2.24) is 4.98 Å². The van der Waals surface area contributed by atoms with Gasteiger partial charge in [-0.25, -0.2) is 13.8 Å². The Kier molecular flexibility index (Phi) is 5.78. The van der Waals surface area contributed by atoms with Crippen LogP contribution in [-0.4, -0.2) is 42.6 Å². The van der Waals surface area contributed by atoms with E-state index in [9.17, 15) is 13.6 Å². The highest BCUT2D eigenvalue weighted by molar-refractivity contribution is 5.94. The molecule has 0 atom stereocenters. The quantitative estimate of drug-likeness (QED) is 0.418. The summed E-state index contributed by atoms with van der Waals surface area (Å²) in [5.41, 5.74) is 5.35. The maximum absolute atomic E-state index is 14.9. The summed E-state index contributed by atoms with van der Waals surface area (Å²) in [7, 11) is 1.61. The van der Waals surface area contributed by atoms with Crippen molar-refractivity contribution in [3.63, 3.8) is 0 Å². The molecule has 9 heteroatoms. The molecule has 3 rings (SSSR count). The third-order valence-corrected chi connectivity index (χ3v) is 4.78. The Labute approximate surface area is 166 Å². The second-order valence-electron chi connectivity index (χ2n) is 7.18. The van der Waals surface area contributed by atoms with E-state index in [0.29, 0.717) is 13.1 Å². The van der Waals surface area contributed by atoms with Gasteiger partial charge >= 0.3 is 5.97 Å². The van der Waals surface area contributed by atoms with Crippen LogP contribution in [0.1, 0.15) is 18.9 Å². The minimum atomic E-state index is -0.725. The van der Waals surface area contributed by atoms with Gasteiger partial charge in [0.05, 0.1) is 18.7 Å². The smallest absolute Gasteiger partial charge is 0.313 e. The van der Waals surface area contributed by atoms with Crippen LogP contribution in [0.25, 0.3) is 11.1 Å². The zero-order chi connectivity index (χ0) is 21.2. The minimum absolute atomic E-state index is 0.127. The summed E-state index contributed by atoms with van der Waals surface area (Å²) >= 11 is 0. The number of nitrogens with zero attached hydrogens (tertiary/aromatic N) is 2. The monoisotopic (exact) mass is 404 g/mol. The number of ether oxygens (including phenoxy) is 2. The molecular weight excluding hydrogens is 382 g/mol. The number of methoxy groups -OCH3 is 1. The number of benzene rings is 1. The molecule has 0 saturated carbocycles. The number of nitrogens with two attached hydrogens (primary N) is 1. The molecule has 0 amide bonds. The zero-order valence-corrected chi connectivity index (χ0v) is 16.2. The summed E-state index contributed by atoms with van der Waals surface area (Å²) in [4.78, 5) is 17.4. The largest absolute Gasteiger partial charge is 0.460 e. The van der Waals surface area contributed by atoms with Gasteiger partial charge in [0.15, 0.2) is 11.6 Å². The Balaban J connectivity index is 1.76. The molecular formula is C20H22F2N4O3. The summed E-state index contributed by atoms with van der Waals surface area (Å²) < 4.78 is 39.7. The van der Waals surface area contributed by atoms with Crippen LogP contribution in [0.15, 0.2) is 30.5 Å². The lowest BCUT2D eigenvalue weighted by atomic mass is 9.96. The number of esters is 1. The highest BCUT2D eigenvalue weighted by Gasteiger charge is 2.40. The molecule has 7 nitrogen and oxygen atoms in total. The fourth-order valence-electron chi connectivity index (χ4n) is 3.13. The van der Waals surface area contributed by atoms with E-state index < -0.39 is 17.6 Å². The van der Waals surface area contributed by atoms with Crippen molar-refractivity contribution in [2.75, 3.05) is 25.1 Å². The standard InChI is InChI=1S/C20H22F2N4O3/c1-20(28-2)10-26(11-20)19-15(21)6-13(8-25-19)14-5-3-4-12(18(14)22)9-29-17(27)7-16(23)24/h3-6,8H,7,9-11H2,1-2H3,(H3,23,24). The van der Waals surface area contributed by atoms with Crippen LogP contribution in [0, 0.1) is 17.0 Å². The molecule has 1 fully saturated rings. The number of carbonyl (C=O) groups excluding carboxylic acids is 1. The molecule has 1 aliphatic rings. The molecule has 154 valence electrons. The Morgan fingerprint density at radius 2 is 2.10 bits per heavy atom. The first kappa shape index (κ1) is 20.7. The molecule has 0 aliphatic carbocycles. The predicted molar refractivity (Wildman–Crippen MR) is 104 cm³/mol. The van der Waals surface area contributed by atoms with Crippen molar-refractivity contribution < 1.29 is 23.0 Å². The number of aromatic nitrogens is 1. The van der Waals surface area contributed by atoms with Gasteiger partial charge in [-0.1, -0.05) is 18.2 Å². The van der Waals surface area contributed by atoms with Crippen LogP contribution in [0.2, 0.25) is 0 Å². The number of carbonyl (C=O) groups is 1. The fraction of sp³-hybridized carbons (Fsp3) is 0.350. The molecule has 0 unspecified atom stereocenters. The third-order valence-electron chi connectivity index (χ3n) is 4.78. The molecule has 2 heterocycles. The summed E-state index contributed by atoms with van der Waals surface area (Å²) in [6.45, 7) is 2.65. The van der Waals surface area contributed by atoms with Crippen molar-refractivity contribution in [3.8, 4) is 11.1 Å². The van der Waals surface area contributed by atoms with E-state index in [-0.39, 0.29) is 47.0 Å². The Morgan fingerprint density at radius 3 is 2.72 bits per heavy atom. The van der Waals surface area contributed by atoms with Crippen molar-refractivity contribution in [2.24, 2.45) is 5.73 Å². The first-order valence-corrected chi connectivity index (χ1v) is 8.94. The van der Waals surface area contributed by atoms with E-state index in [1.54, 1.807) is 18.1 Å². The van der Waals surface area contributed by atoms with E-state index in [1.165, 1.54) is 24.4 Å². The van der Waals surface area contributed by atoms with Gasteiger partial charge in [-0.15, -0.1) is 0 Å². The number of rotatable bonds is 7. The van der Waals surface area contributed by atoms with E-state index in [2.05, 4.69) is 4.98 Å². The lowest BCUT2D eigenvalue weighted by Crippen LogP contribution is -2.61. The number of nitrogens with one attached hydrogen (secondary N) is 1. The first-order chi connectivity index (χ1) is 13.7. The molecule has 1 aromatic heterocycles. The second-order valence-corrected chi connectivity index (χ2v) is 7.18. The molecule has 1 saturated heterocycles. The molecule has 0 radical (unpaired) electrons. The van der Waals surface area contributed by atoms with Crippen LogP contribution in [-0.2, 0) is 20.9 Å². The Morgan fingerprint density at radius 1 is 1.38 bits per heavy atom. The average molecular weight is 404 g/mol. The lowest BCUT2D eigenvalue weighted by Gasteiger charge is -2.47.